The zero-order valence-corrected chi connectivity index (χ0v) is 11.0. The fourth-order valence-corrected chi connectivity index (χ4v) is 3.11. The van der Waals surface area contributed by atoms with Gasteiger partial charge in [0.05, 0.1) is 0 Å². The number of carbonyl (C=O) groups excluding carboxylic acids is 1. The smallest absolute Gasteiger partial charge is 0.297 e. The minimum atomic E-state index is -1.08. The summed E-state index contributed by atoms with van der Waals surface area (Å²) in [5, 5.41) is 8.89. The number of carboxylic acid groups (broad SMARTS) is 1. The van der Waals surface area contributed by atoms with Crippen LogP contribution in [-0.2, 0) is 11.8 Å². The van der Waals surface area contributed by atoms with Crippen molar-refractivity contribution in [3.05, 3.63) is 24.3 Å². The molecule has 0 bridgehead atoms. The Kier molecular flexibility index (Phi) is 4.76. The standard InChI is InChI=1S/C9H10NS2.C2H4O2/c1-10-7-5-3-4-6-8(7)12-9(10)11-2;1-2(3)4/h3-6H,1-2H3;1H3,(H,3,4)/q+1;/p-1. The van der Waals surface area contributed by atoms with Crippen molar-refractivity contribution in [2.75, 3.05) is 6.26 Å². The number of thioether (sulfide) groups is 1. The second-order valence-corrected chi connectivity index (χ2v) is 5.17. The molecule has 1 heterocycles. The number of hydrogen-bond acceptors (Lipinski definition) is 4. The second-order valence-electron chi connectivity index (χ2n) is 3.09. The summed E-state index contributed by atoms with van der Waals surface area (Å²) < 4.78 is 4.96. The fraction of sp³-hybridized carbons (Fsp3) is 0.273. The van der Waals surface area contributed by atoms with Crippen LogP contribution in [0.1, 0.15) is 6.92 Å². The van der Waals surface area contributed by atoms with Crippen molar-refractivity contribution in [1.29, 1.82) is 0 Å². The lowest BCUT2D eigenvalue weighted by Gasteiger charge is -1.84. The molecule has 0 aliphatic carbocycles. The topological polar surface area (TPSA) is 44.0 Å². The molecule has 0 amide bonds. The van der Waals surface area contributed by atoms with E-state index >= 15 is 0 Å². The number of benzene rings is 1. The number of aliphatic carboxylic acids is 1. The summed E-state index contributed by atoms with van der Waals surface area (Å²) in [5.41, 5.74) is 1.33. The molecule has 0 atom stereocenters. The normalized spacial score (nSPS) is 9.69. The Morgan fingerprint density at radius 2 is 2.00 bits per heavy atom. The maximum absolute atomic E-state index is 8.89. The van der Waals surface area contributed by atoms with Crippen molar-refractivity contribution in [3.63, 3.8) is 0 Å². The van der Waals surface area contributed by atoms with E-state index in [1.54, 1.807) is 11.8 Å². The summed E-state index contributed by atoms with van der Waals surface area (Å²) >= 11 is 3.65. The zero-order chi connectivity index (χ0) is 12.1. The third kappa shape index (κ3) is 3.21. The van der Waals surface area contributed by atoms with Crippen LogP contribution >= 0.6 is 23.1 Å². The van der Waals surface area contributed by atoms with Gasteiger partial charge in [-0.2, -0.15) is 4.57 Å². The van der Waals surface area contributed by atoms with Crippen LogP contribution in [0.15, 0.2) is 28.6 Å². The van der Waals surface area contributed by atoms with Crippen molar-refractivity contribution >= 4 is 39.3 Å². The van der Waals surface area contributed by atoms with Gasteiger partial charge in [-0.05, 0) is 31.0 Å². The Bertz CT molecular complexity index is 490. The van der Waals surface area contributed by atoms with Crippen molar-refractivity contribution < 1.29 is 14.5 Å². The summed E-state index contributed by atoms with van der Waals surface area (Å²) in [5.74, 6) is -1.08. The maximum atomic E-state index is 8.89. The second kappa shape index (κ2) is 5.86. The summed E-state index contributed by atoms with van der Waals surface area (Å²) in [6.07, 6.45) is 2.12. The number of thiazole rings is 1. The van der Waals surface area contributed by atoms with Gasteiger partial charge in [0.1, 0.15) is 11.7 Å². The number of nitrogens with zero attached hydrogens (tertiary/aromatic N) is 1. The highest BCUT2D eigenvalue weighted by Gasteiger charge is 2.14. The number of aryl methyl sites for hydroxylation is 1. The first kappa shape index (κ1) is 13.0. The highest BCUT2D eigenvalue weighted by Crippen LogP contribution is 2.25. The van der Waals surface area contributed by atoms with Gasteiger partial charge in [0.2, 0.25) is 5.52 Å². The molecule has 86 valence electrons. The van der Waals surface area contributed by atoms with Gasteiger partial charge < -0.3 is 9.90 Å². The molecule has 0 saturated heterocycles. The minimum Gasteiger partial charge on any atom is -0.550 e. The highest BCUT2D eigenvalue weighted by molar-refractivity contribution is 8.00. The zero-order valence-electron chi connectivity index (χ0n) is 9.39. The van der Waals surface area contributed by atoms with Crippen LogP contribution in [0, 0.1) is 0 Å². The molecule has 0 aliphatic rings. The molecule has 5 heteroatoms. The third-order valence-electron chi connectivity index (χ3n) is 1.87. The number of rotatable bonds is 1. The Morgan fingerprint density at radius 3 is 2.50 bits per heavy atom. The first-order valence-electron chi connectivity index (χ1n) is 4.65. The van der Waals surface area contributed by atoms with Gasteiger partial charge in [0, 0.05) is 12.0 Å². The SMILES string of the molecule is CC(=O)[O-].CSc1sc2ccccc2[n+]1C. The maximum Gasteiger partial charge on any atom is 0.297 e. The van der Waals surface area contributed by atoms with E-state index in [4.69, 9.17) is 9.90 Å². The quantitative estimate of drug-likeness (QED) is 0.568. The van der Waals surface area contributed by atoms with Gasteiger partial charge >= 0.3 is 0 Å². The molecule has 0 N–H and O–H groups in total. The molecule has 1 aromatic heterocycles. The number of carbonyl (C=O) groups is 1. The molecular weight excluding hydrogens is 242 g/mol. The van der Waals surface area contributed by atoms with Crippen molar-refractivity contribution in [2.45, 2.75) is 11.3 Å². The van der Waals surface area contributed by atoms with Gasteiger partial charge in [-0.1, -0.05) is 23.5 Å². The Balaban J connectivity index is 0.000000280. The first-order chi connectivity index (χ1) is 7.56. The number of carboxylic acids is 1. The molecule has 0 spiro atoms. The van der Waals surface area contributed by atoms with Gasteiger partial charge in [0.25, 0.3) is 4.34 Å². The summed E-state index contributed by atoms with van der Waals surface area (Å²) in [7, 11) is 2.12. The molecule has 2 rings (SSSR count). The average Bonchev–Trinajstić information content (AvgIpc) is 2.55. The Labute approximate surface area is 103 Å². The van der Waals surface area contributed by atoms with Crippen LogP contribution in [0.5, 0.6) is 0 Å². The molecule has 0 saturated carbocycles. The molecule has 0 radical (unpaired) electrons. The Hall–Kier alpha value is -1.07. The monoisotopic (exact) mass is 255 g/mol. The van der Waals surface area contributed by atoms with E-state index in [0.717, 1.165) is 6.92 Å². The molecule has 0 unspecified atom stereocenters. The van der Waals surface area contributed by atoms with E-state index in [-0.39, 0.29) is 0 Å². The highest BCUT2D eigenvalue weighted by atomic mass is 32.2. The van der Waals surface area contributed by atoms with Crippen LogP contribution in [0.25, 0.3) is 10.2 Å². The lowest BCUT2D eigenvalue weighted by molar-refractivity contribution is -0.676. The van der Waals surface area contributed by atoms with Crippen LogP contribution < -0.4 is 9.67 Å². The van der Waals surface area contributed by atoms with Crippen LogP contribution in [0.3, 0.4) is 0 Å². The van der Waals surface area contributed by atoms with E-state index in [2.05, 4.69) is 42.1 Å². The van der Waals surface area contributed by atoms with E-state index in [1.807, 2.05) is 11.3 Å². The molecule has 16 heavy (non-hydrogen) atoms. The van der Waals surface area contributed by atoms with Crippen molar-refractivity contribution in [1.82, 2.24) is 0 Å². The van der Waals surface area contributed by atoms with E-state index < -0.39 is 5.97 Å². The molecule has 3 nitrogen and oxygen atoms in total. The minimum absolute atomic E-state index is 0.972. The number of hydrogen-bond donors (Lipinski definition) is 0. The van der Waals surface area contributed by atoms with Gasteiger partial charge in [0.15, 0.2) is 0 Å². The van der Waals surface area contributed by atoms with Gasteiger partial charge in [-0.15, -0.1) is 0 Å². The fourth-order valence-electron chi connectivity index (χ4n) is 1.26. The average molecular weight is 255 g/mol. The van der Waals surface area contributed by atoms with Gasteiger partial charge in [-0.25, -0.2) is 0 Å². The predicted molar refractivity (Wildman–Crippen MR) is 65.5 cm³/mol. The van der Waals surface area contributed by atoms with Gasteiger partial charge in [-0.3, -0.25) is 0 Å². The molecule has 0 aliphatic heterocycles. The molecular formula is C11H13NO2S2. The Morgan fingerprint density at radius 1 is 1.44 bits per heavy atom. The summed E-state index contributed by atoms with van der Waals surface area (Å²) in [6, 6.07) is 8.49. The van der Waals surface area contributed by atoms with Crippen molar-refractivity contribution in [3.8, 4) is 0 Å². The predicted octanol–water partition coefficient (Wildman–Crippen LogP) is 1.20. The largest absolute Gasteiger partial charge is 0.550 e. The van der Waals surface area contributed by atoms with E-state index in [0.29, 0.717) is 0 Å². The summed E-state index contributed by atoms with van der Waals surface area (Å²) in [4.78, 5) is 8.89. The summed E-state index contributed by atoms with van der Waals surface area (Å²) in [6.45, 7) is 0.972. The number of aromatic nitrogens is 1. The van der Waals surface area contributed by atoms with Crippen LogP contribution in [0.4, 0.5) is 0 Å². The first-order valence-corrected chi connectivity index (χ1v) is 6.69. The van der Waals surface area contributed by atoms with Crippen LogP contribution in [0.2, 0.25) is 0 Å². The van der Waals surface area contributed by atoms with Crippen molar-refractivity contribution in [2.24, 2.45) is 7.05 Å². The molecule has 0 fully saturated rings. The number of fused-ring (bicyclic) bond motifs is 1. The molecule has 2 aromatic rings. The lowest BCUT2D eigenvalue weighted by atomic mass is 10.3. The van der Waals surface area contributed by atoms with E-state index in [9.17, 15) is 0 Å². The van der Waals surface area contributed by atoms with Crippen LogP contribution in [-0.4, -0.2) is 12.2 Å². The lowest BCUT2D eigenvalue weighted by Crippen LogP contribution is -2.27. The number of para-hydroxylation sites is 1. The molecule has 1 aromatic carbocycles. The third-order valence-corrected chi connectivity index (χ3v) is 4.26. The van der Waals surface area contributed by atoms with E-state index in [1.165, 1.54) is 14.6 Å².